The van der Waals surface area contributed by atoms with E-state index in [-0.39, 0.29) is 23.4 Å². The minimum atomic E-state index is -0.611. The lowest BCUT2D eigenvalue weighted by atomic mass is 9.93. The molecule has 0 N–H and O–H groups in total. The Hall–Kier alpha value is -4.84. The van der Waals surface area contributed by atoms with E-state index in [0.717, 1.165) is 10.6 Å². The predicted octanol–water partition coefficient (Wildman–Crippen LogP) is 4.06. The second kappa shape index (κ2) is 8.96. The van der Waals surface area contributed by atoms with Gasteiger partial charge in [-0.15, -0.1) is 0 Å². The number of hydrogen-bond acceptors (Lipinski definition) is 6. The lowest BCUT2D eigenvalue weighted by Gasteiger charge is -2.26. The van der Waals surface area contributed by atoms with Crippen LogP contribution in [0.1, 0.15) is 19.4 Å². The van der Waals surface area contributed by atoms with Gasteiger partial charge in [0.25, 0.3) is 17.5 Å². The fourth-order valence-electron chi connectivity index (χ4n) is 3.74. The molecule has 9 heteroatoms. The van der Waals surface area contributed by atoms with Crippen LogP contribution in [0.3, 0.4) is 0 Å². The number of imide groups is 1. The number of nitriles is 1. The van der Waals surface area contributed by atoms with Gasteiger partial charge in [0.1, 0.15) is 11.6 Å². The summed E-state index contributed by atoms with van der Waals surface area (Å²) in [5.74, 6) is -1.11. The molecule has 1 aromatic heterocycles. The molecule has 168 valence electrons. The number of carbonyl (C=O) groups excluding carboxylic acids is 2. The van der Waals surface area contributed by atoms with Gasteiger partial charge in [0.2, 0.25) is 0 Å². The van der Waals surface area contributed by atoms with Crippen molar-refractivity contribution < 1.29 is 14.5 Å². The minimum absolute atomic E-state index is 0.0526. The van der Waals surface area contributed by atoms with E-state index in [9.17, 15) is 25.0 Å². The van der Waals surface area contributed by atoms with Gasteiger partial charge in [-0.1, -0.05) is 18.2 Å². The Labute approximate surface area is 195 Å². The third-order valence-electron chi connectivity index (χ3n) is 5.56. The van der Waals surface area contributed by atoms with Crippen LogP contribution in [0.2, 0.25) is 0 Å². The molecule has 0 radical (unpaired) electrons. The first-order chi connectivity index (χ1) is 16.3. The molecular formula is C25H19N5O4. The van der Waals surface area contributed by atoms with Crippen LogP contribution < -0.4 is 0 Å². The first-order valence-electron chi connectivity index (χ1n) is 10.4. The maximum atomic E-state index is 13.1. The van der Waals surface area contributed by atoms with E-state index in [2.05, 4.69) is 5.10 Å². The summed E-state index contributed by atoms with van der Waals surface area (Å²) >= 11 is 0. The Kier molecular flexibility index (Phi) is 5.89. The zero-order valence-electron chi connectivity index (χ0n) is 18.4. The second-order valence-electron chi connectivity index (χ2n) is 7.54. The Morgan fingerprint density at radius 1 is 1.09 bits per heavy atom. The maximum Gasteiger partial charge on any atom is 0.271 e. The van der Waals surface area contributed by atoms with Crippen LogP contribution in [0.4, 0.5) is 5.69 Å². The lowest BCUT2D eigenvalue weighted by molar-refractivity contribution is -0.384. The van der Waals surface area contributed by atoms with Gasteiger partial charge in [-0.2, -0.15) is 10.4 Å². The van der Waals surface area contributed by atoms with E-state index in [0.29, 0.717) is 22.4 Å². The highest BCUT2D eigenvalue weighted by molar-refractivity contribution is 6.19. The van der Waals surface area contributed by atoms with Crippen molar-refractivity contribution in [2.45, 2.75) is 13.8 Å². The summed E-state index contributed by atoms with van der Waals surface area (Å²) < 4.78 is 1.64. The lowest BCUT2D eigenvalue weighted by Crippen LogP contribution is -2.42. The van der Waals surface area contributed by atoms with Crippen LogP contribution in [0.25, 0.3) is 23.0 Å². The number of rotatable bonds is 5. The van der Waals surface area contributed by atoms with Crippen molar-refractivity contribution in [2.75, 3.05) is 6.54 Å². The molecule has 0 saturated heterocycles. The van der Waals surface area contributed by atoms with Gasteiger partial charge in [-0.3, -0.25) is 24.6 Å². The highest BCUT2D eigenvalue weighted by Crippen LogP contribution is 2.31. The Morgan fingerprint density at radius 2 is 1.76 bits per heavy atom. The zero-order valence-corrected chi connectivity index (χ0v) is 18.4. The molecule has 34 heavy (non-hydrogen) atoms. The molecule has 0 saturated carbocycles. The summed E-state index contributed by atoms with van der Waals surface area (Å²) in [6.45, 7) is 3.37. The van der Waals surface area contributed by atoms with E-state index in [4.69, 9.17) is 0 Å². The first kappa shape index (κ1) is 22.4. The first-order valence-corrected chi connectivity index (χ1v) is 10.4. The van der Waals surface area contributed by atoms with Gasteiger partial charge in [-0.25, -0.2) is 4.68 Å². The molecule has 0 fully saturated rings. The van der Waals surface area contributed by atoms with Crippen LogP contribution in [0.15, 0.2) is 77.5 Å². The largest absolute Gasteiger partial charge is 0.274 e. The van der Waals surface area contributed by atoms with Crippen molar-refractivity contribution in [1.29, 1.82) is 5.26 Å². The number of para-hydroxylation sites is 1. The summed E-state index contributed by atoms with van der Waals surface area (Å²) in [4.78, 5) is 37.2. The number of amides is 2. The van der Waals surface area contributed by atoms with Gasteiger partial charge >= 0.3 is 0 Å². The zero-order chi connectivity index (χ0) is 24.4. The number of nitrogens with zero attached hydrogens (tertiary/aromatic N) is 5. The summed E-state index contributed by atoms with van der Waals surface area (Å²) in [5, 5.41) is 25.2. The number of nitro groups is 1. The molecule has 1 aliphatic heterocycles. The molecular weight excluding hydrogens is 434 g/mol. The number of likely N-dealkylation sites (N-methyl/N-ethyl adjacent to an activating group) is 1. The average molecular weight is 453 g/mol. The van der Waals surface area contributed by atoms with Crippen molar-refractivity contribution >= 4 is 23.6 Å². The Bertz CT molecular complexity index is 1410. The van der Waals surface area contributed by atoms with E-state index in [1.807, 2.05) is 36.4 Å². The van der Waals surface area contributed by atoms with E-state index in [1.54, 1.807) is 42.9 Å². The number of carbonyl (C=O) groups is 2. The van der Waals surface area contributed by atoms with Crippen LogP contribution in [0.5, 0.6) is 0 Å². The normalized spacial score (nSPS) is 15.1. The molecule has 2 amide bonds. The van der Waals surface area contributed by atoms with Crippen LogP contribution in [-0.2, 0) is 9.59 Å². The fourth-order valence-corrected chi connectivity index (χ4v) is 3.74. The highest BCUT2D eigenvalue weighted by Gasteiger charge is 2.34. The molecule has 9 nitrogen and oxygen atoms in total. The van der Waals surface area contributed by atoms with Gasteiger partial charge in [0.15, 0.2) is 0 Å². The number of benzene rings is 2. The second-order valence-corrected chi connectivity index (χ2v) is 7.54. The Morgan fingerprint density at radius 3 is 2.35 bits per heavy atom. The summed E-state index contributed by atoms with van der Waals surface area (Å²) in [6.07, 6.45) is 3.34. The Balaban J connectivity index is 1.92. The summed E-state index contributed by atoms with van der Waals surface area (Å²) in [6, 6.07) is 17.2. The molecule has 2 heterocycles. The van der Waals surface area contributed by atoms with Crippen LogP contribution in [-0.4, -0.2) is 38.0 Å². The number of non-ortho nitro benzene ring substituents is 1. The van der Waals surface area contributed by atoms with Crippen LogP contribution >= 0.6 is 0 Å². The monoisotopic (exact) mass is 453 g/mol. The van der Waals surface area contributed by atoms with Gasteiger partial charge in [-0.05, 0) is 49.8 Å². The van der Waals surface area contributed by atoms with E-state index < -0.39 is 16.7 Å². The van der Waals surface area contributed by atoms with Crippen molar-refractivity contribution in [3.8, 4) is 23.0 Å². The SMILES string of the molecule is CCN1C(=O)C(C#N)=C(C)/C(=C\c2cn(-c3ccccc3)nc2-c2ccc([N+](=O)[O-])cc2)C1=O. The van der Waals surface area contributed by atoms with Gasteiger partial charge in [0.05, 0.1) is 16.3 Å². The van der Waals surface area contributed by atoms with Crippen LogP contribution in [0, 0.1) is 21.4 Å². The van der Waals surface area contributed by atoms with E-state index in [1.165, 1.54) is 12.1 Å². The molecule has 4 rings (SSSR count). The summed E-state index contributed by atoms with van der Waals surface area (Å²) in [5.41, 5.74) is 2.82. The topological polar surface area (TPSA) is 122 Å². The average Bonchev–Trinajstić information content (AvgIpc) is 3.27. The molecule has 0 aliphatic carbocycles. The van der Waals surface area contributed by atoms with Crippen molar-refractivity contribution in [3.63, 3.8) is 0 Å². The van der Waals surface area contributed by atoms with Gasteiger partial charge in [0, 0.05) is 41.6 Å². The quantitative estimate of drug-likeness (QED) is 0.248. The predicted molar refractivity (Wildman–Crippen MR) is 124 cm³/mol. The third-order valence-corrected chi connectivity index (χ3v) is 5.56. The molecule has 0 unspecified atom stereocenters. The standard InChI is InChI=1S/C25H19N5O4/c1-3-28-24(31)21(16(2)22(14-26)25(28)32)13-18-15-29(19-7-5-4-6-8-19)27-23(18)17-9-11-20(12-10-17)30(33)34/h4-13,15H,3H2,1-2H3/b21-13+. The van der Waals surface area contributed by atoms with Gasteiger partial charge < -0.3 is 0 Å². The highest BCUT2D eigenvalue weighted by atomic mass is 16.6. The third kappa shape index (κ3) is 3.89. The van der Waals surface area contributed by atoms with Crippen molar-refractivity contribution in [1.82, 2.24) is 14.7 Å². The van der Waals surface area contributed by atoms with Crippen molar-refractivity contribution in [3.05, 3.63) is 93.2 Å². The van der Waals surface area contributed by atoms with Crippen molar-refractivity contribution in [2.24, 2.45) is 0 Å². The molecule has 0 spiro atoms. The smallest absolute Gasteiger partial charge is 0.271 e. The number of aromatic nitrogens is 2. The maximum absolute atomic E-state index is 13.1. The number of nitro benzene ring substituents is 1. The molecule has 0 bridgehead atoms. The van der Waals surface area contributed by atoms with E-state index >= 15 is 0 Å². The number of hydrogen-bond donors (Lipinski definition) is 0. The molecule has 0 atom stereocenters. The molecule has 2 aromatic carbocycles. The molecule has 3 aromatic rings. The summed E-state index contributed by atoms with van der Waals surface area (Å²) in [7, 11) is 0. The minimum Gasteiger partial charge on any atom is -0.274 e. The molecule has 1 aliphatic rings. The fraction of sp³-hybridized carbons (Fsp3) is 0.120.